The molecule has 1 unspecified atom stereocenters. The van der Waals surface area contributed by atoms with Crippen molar-refractivity contribution in [3.8, 4) is 17.6 Å². The van der Waals surface area contributed by atoms with Crippen LogP contribution < -0.4 is 24.6 Å². The van der Waals surface area contributed by atoms with Gasteiger partial charge in [0.2, 0.25) is 11.8 Å². The molecule has 3 saturated heterocycles. The minimum absolute atomic E-state index is 0.0643. The first-order valence-corrected chi connectivity index (χ1v) is 19.0. The molecule has 296 valence electrons. The molecule has 7 rings (SSSR count). The zero-order valence-corrected chi connectivity index (χ0v) is 31.2. The number of carbonyl (C=O) groups is 3. The topological polar surface area (TPSA) is 118 Å². The lowest BCUT2D eigenvalue weighted by Gasteiger charge is -2.36. The lowest BCUT2D eigenvalue weighted by Crippen LogP contribution is -2.52. The van der Waals surface area contributed by atoms with Crippen LogP contribution in [0.4, 0.5) is 28.9 Å². The number of nitrogens with one attached hydrogen (secondary N) is 1. The van der Waals surface area contributed by atoms with Crippen LogP contribution >= 0.6 is 0 Å². The van der Waals surface area contributed by atoms with Gasteiger partial charge in [-0.1, -0.05) is 6.07 Å². The first kappa shape index (κ1) is 38.9. The lowest BCUT2D eigenvalue weighted by atomic mass is 9.88. The molecule has 11 nitrogen and oxygen atoms in total. The minimum atomic E-state index is -4.62. The summed E-state index contributed by atoms with van der Waals surface area (Å²) in [6.07, 6.45) is -1.25. The number of methoxy groups -OCH3 is 1. The molecular weight excluding hydrogens is 732 g/mol. The number of alkyl halides is 3. The maximum absolute atomic E-state index is 15.2. The summed E-state index contributed by atoms with van der Waals surface area (Å²) in [5.74, 6) is -0.511. The van der Waals surface area contributed by atoms with Crippen LogP contribution in [0.5, 0.6) is 11.5 Å². The van der Waals surface area contributed by atoms with E-state index in [0.717, 1.165) is 62.9 Å². The van der Waals surface area contributed by atoms with E-state index >= 15 is 4.39 Å². The molecule has 3 amide bonds. The number of unbranched alkanes of at least 4 members (excludes halogenated alkanes) is 1. The Morgan fingerprint density at radius 2 is 1.64 bits per heavy atom. The highest BCUT2D eigenvalue weighted by Gasteiger charge is 2.41. The van der Waals surface area contributed by atoms with Gasteiger partial charge in [0, 0.05) is 75.7 Å². The number of imide groups is 1. The molecule has 15 heteroatoms. The Hall–Kier alpha value is -5.36. The SMILES string of the molecule is COc1cc(N2CCN(CCCCOc3ccc(C4CCN(c5ccc(C#N)c(C(F)(F)F)c5)CC4)c(F)c3)CC2)cc2c1C(=O)N(C1CCC(=O)NC1=O)C2. The van der Waals surface area contributed by atoms with Crippen molar-refractivity contribution in [2.45, 2.75) is 63.2 Å². The van der Waals surface area contributed by atoms with Gasteiger partial charge >= 0.3 is 6.18 Å². The predicted octanol–water partition coefficient (Wildman–Crippen LogP) is 5.85. The highest BCUT2D eigenvalue weighted by molar-refractivity contribution is 6.06. The van der Waals surface area contributed by atoms with Gasteiger partial charge in [-0.05, 0) is 86.0 Å². The lowest BCUT2D eigenvalue weighted by molar-refractivity contribution is -0.138. The highest BCUT2D eigenvalue weighted by Crippen LogP contribution is 2.39. The molecular formula is C41H44F4N6O5. The molecule has 0 bridgehead atoms. The van der Waals surface area contributed by atoms with Gasteiger partial charge in [-0.15, -0.1) is 0 Å². The van der Waals surface area contributed by atoms with E-state index in [1.165, 1.54) is 30.2 Å². The van der Waals surface area contributed by atoms with Gasteiger partial charge in [-0.3, -0.25) is 24.6 Å². The summed E-state index contributed by atoms with van der Waals surface area (Å²) in [6, 6.07) is 13.5. The second kappa shape index (κ2) is 16.4. The molecule has 1 atom stereocenters. The van der Waals surface area contributed by atoms with Crippen LogP contribution in [0, 0.1) is 17.1 Å². The Morgan fingerprint density at radius 1 is 0.893 bits per heavy atom. The average molecular weight is 777 g/mol. The third kappa shape index (κ3) is 8.26. The molecule has 56 heavy (non-hydrogen) atoms. The molecule has 4 heterocycles. The number of nitriles is 1. The summed E-state index contributed by atoms with van der Waals surface area (Å²) in [4.78, 5) is 45.5. The Bertz CT molecular complexity index is 2020. The largest absolute Gasteiger partial charge is 0.496 e. The molecule has 1 N–H and O–H groups in total. The fourth-order valence-corrected chi connectivity index (χ4v) is 8.29. The van der Waals surface area contributed by atoms with E-state index in [2.05, 4.69) is 15.1 Å². The summed E-state index contributed by atoms with van der Waals surface area (Å²) in [5, 5.41) is 11.4. The summed E-state index contributed by atoms with van der Waals surface area (Å²) in [7, 11) is 1.53. The number of hydrogen-bond donors (Lipinski definition) is 1. The van der Waals surface area contributed by atoms with Crippen molar-refractivity contribution in [1.29, 1.82) is 5.26 Å². The minimum Gasteiger partial charge on any atom is -0.496 e. The zero-order valence-electron chi connectivity index (χ0n) is 31.2. The smallest absolute Gasteiger partial charge is 0.417 e. The molecule has 4 aliphatic heterocycles. The van der Waals surface area contributed by atoms with Crippen molar-refractivity contribution in [1.82, 2.24) is 15.1 Å². The summed E-state index contributed by atoms with van der Waals surface area (Å²) in [6.45, 7) is 5.87. The number of carbonyl (C=O) groups excluding carboxylic acids is 3. The molecule has 0 spiro atoms. The first-order chi connectivity index (χ1) is 26.9. The van der Waals surface area contributed by atoms with Crippen LogP contribution in [0.25, 0.3) is 0 Å². The van der Waals surface area contributed by atoms with Crippen molar-refractivity contribution in [2.75, 3.05) is 69.3 Å². The van der Waals surface area contributed by atoms with E-state index in [1.807, 2.05) is 17.0 Å². The van der Waals surface area contributed by atoms with Crippen molar-refractivity contribution in [2.24, 2.45) is 0 Å². The number of halogens is 4. The van der Waals surface area contributed by atoms with Crippen LogP contribution in [0.3, 0.4) is 0 Å². The fraction of sp³-hybridized carbons (Fsp3) is 0.463. The fourth-order valence-electron chi connectivity index (χ4n) is 8.29. The Morgan fingerprint density at radius 3 is 2.32 bits per heavy atom. The Kier molecular flexibility index (Phi) is 11.4. The molecule has 0 saturated carbocycles. The van der Waals surface area contributed by atoms with Gasteiger partial charge in [0.15, 0.2) is 0 Å². The molecule has 3 aromatic rings. The number of hydrogen-bond acceptors (Lipinski definition) is 9. The van der Waals surface area contributed by atoms with Crippen LogP contribution in [-0.4, -0.2) is 93.1 Å². The number of nitrogens with zero attached hydrogens (tertiary/aromatic N) is 5. The van der Waals surface area contributed by atoms with Crippen LogP contribution in [0.2, 0.25) is 0 Å². The Labute approximate surface area is 322 Å². The summed E-state index contributed by atoms with van der Waals surface area (Å²) in [5.41, 5.74) is 1.86. The van der Waals surface area contributed by atoms with Gasteiger partial charge in [-0.25, -0.2) is 4.39 Å². The van der Waals surface area contributed by atoms with Crippen molar-refractivity contribution >= 4 is 29.1 Å². The molecule has 4 aliphatic rings. The van der Waals surface area contributed by atoms with E-state index in [1.54, 1.807) is 18.2 Å². The monoisotopic (exact) mass is 776 g/mol. The van der Waals surface area contributed by atoms with Crippen LogP contribution in [0.1, 0.15) is 77.1 Å². The molecule has 3 aromatic carbocycles. The normalized spacial score (nSPS) is 19.5. The zero-order chi connectivity index (χ0) is 39.6. The average Bonchev–Trinajstić information content (AvgIpc) is 3.52. The number of piperidine rings is 2. The number of amides is 3. The third-order valence-corrected chi connectivity index (χ3v) is 11.4. The van der Waals surface area contributed by atoms with E-state index in [0.29, 0.717) is 67.3 Å². The van der Waals surface area contributed by atoms with Gasteiger partial charge < -0.3 is 24.2 Å². The van der Waals surface area contributed by atoms with Gasteiger partial charge in [-0.2, -0.15) is 18.4 Å². The quantitative estimate of drug-likeness (QED) is 0.145. The maximum Gasteiger partial charge on any atom is 0.417 e. The van der Waals surface area contributed by atoms with Crippen LogP contribution in [-0.2, 0) is 22.3 Å². The van der Waals surface area contributed by atoms with Crippen molar-refractivity contribution < 1.29 is 41.4 Å². The van der Waals surface area contributed by atoms with Gasteiger partial charge in [0.25, 0.3) is 5.91 Å². The highest BCUT2D eigenvalue weighted by atomic mass is 19.4. The molecule has 3 fully saturated rings. The summed E-state index contributed by atoms with van der Waals surface area (Å²) < 4.78 is 67.1. The number of fused-ring (bicyclic) bond motifs is 1. The molecule has 0 radical (unpaired) electrons. The van der Waals surface area contributed by atoms with E-state index in [4.69, 9.17) is 14.7 Å². The summed E-state index contributed by atoms with van der Waals surface area (Å²) >= 11 is 0. The maximum atomic E-state index is 15.2. The number of rotatable bonds is 11. The Balaban J connectivity index is 0.836. The second-order valence-corrected chi connectivity index (χ2v) is 14.8. The van der Waals surface area contributed by atoms with Crippen LogP contribution in [0.15, 0.2) is 48.5 Å². The van der Waals surface area contributed by atoms with Crippen molar-refractivity contribution in [3.05, 3.63) is 82.2 Å². The standard InChI is InChI=1S/C41H44F4N6O5/c1-55-36-22-30(20-28-25-51(40(54)38(28)36)35-8-9-37(52)47-39(35)53)50-17-15-48(16-18-50)12-2-3-19-56-31-6-7-32(34(42)23-31)26-10-13-49(14-11-26)29-5-4-27(24-46)33(21-29)41(43,44)45/h4-7,20-23,26,35H,2-3,8-19,25H2,1H3,(H,47,52,53). The number of anilines is 2. The number of ether oxygens (including phenoxy) is 2. The van der Waals surface area contributed by atoms with Gasteiger partial charge in [0.05, 0.1) is 36.5 Å². The second-order valence-electron chi connectivity index (χ2n) is 14.8. The number of benzene rings is 3. The molecule has 0 aromatic heterocycles. The first-order valence-electron chi connectivity index (χ1n) is 19.0. The van der Waals surface area contributed by atoms with Gasteiger partial charge in [0.1, 0.15) is 23.4 Å². The number of piperazine rings is 1. The van der Waals surface area contributed by atoms with E-state index < -0.39 is 29.3 Å². The third-order valence-electron chi connectivity index (χ3n) is 11.4. The van der Waals surface area contributed by atoms with E-state index in [-0.39, 0.29) is 36.5 Å². The van der Waals surface area contributed by atoms with E-state index in [9.17, 15) is 27.6 Å². The predicted molar refractivity (Wildman–Crippen MR) is 199 cm³/mol. The molecule has 0 aliphatic carbocycles. The van der Waals surface area contributed by atoms with Crippen molar-refractivity contribution in [3.63, 3.8) is 0 Å².